The highest BCUT2D eigenvalue weighted by Crippen LogP contribution is 2.31. The van der Waals surface area contributed by atoms with E-state index in [1.54, 1.807) is 7.05 Å². The zero-order chi connectivity index (χ0) is 17.4. The molecule has 1 heterocycles. The summed E-state index contributed by atoms with van der Waals surface area (Å²) in [5.74, 6) is 1.21. The number of aliphatic imine (C=N–C) groups is 1. The molecule has 0 saturated carbocycles. The van der Waals surface area contributed by atoms with Crippen LogP contribution in [0.4, 0.5) is 0 Å². The third kappa shape index (κ3) is 5.21. The Balaban J connectivity index is 1.82. The van der Waals surface area contributed by atoms with Gasteiger partial charge < -0.3 is 20.5 Å². The molecule has 24 heavy (non-hydrogen) atoms. The average molecular weight is 333 g/mol. The molecule has 1 fully saturated rings. The lowest BCUT2D eigenvalue weighted by molar-refractivity contribution is 0.127. The number of guanidine groups is 1. The molecule has 2 rings (SSSR count). The molecule has 0 bridgehead atoms. The van der Waals surface area contributed by atoms with E-state index in [4.69, 9.17) is 4.74 Å². The number of hydrogen-bond acceptors (Lipinski definition) is 3. The molecule has 0 spiro atoms. The molecule has 1 saturated heterocycles. The SMILES string of the molecule is CN=C(NCC(C)c1ccc(C)cc1)NCC1(CCO)CCOC1. The molecule has 0 radical (unpaired) electrons. The molecule has 1 aromatic rings. The van der Waals surface area contributed by atoms with E-state index in [1.807, 2.05) is 0 Å². The average Bonchev–Trinajstić information content (AvgIpc) is 3.04. The minimum absolute atomic E-state index is 0.0228. The monoisotopic (exact) mass is 333 g/mol. The van der Waals surface area contributed by atoms with E-state index in [-0.39, 0.29) is 12.0 Å². The highest BCUT2D eigenvalue weighted by Gasteiger charge is 2.34. The number of benzene rings is 1. The van der Waals surface area contributed by atoms with Crippen LogP contribution in [0.2, 0.25) is 0 Å². The number of aliphatic hydroxyl groups excluding tert-OH is 1. The summed E-state index contributed by atoms with van der Waals surface area (Å²) in [7, 11) is 1.79. The number of rotatable bonds is 7. The molecular formula is C19H31N3O2. The molecule has 3 N–H and O–H groups in total. The Labute approximate surface area is 145 Å². The fourth-order valence-electron chi connectivity index (χ4n) is 3.07. The second kappa shape index (κ2) is 9.04. The number of nitrogens with one attached hydrogen (secondary N) is 2. The van der Waals surface area contributed by atoms with E-state index in [2.05, 4.69) is 53.7 Å². The molecule has 0 amide bonds. The van der Waals surface area contributed by atoms with Crippen LogP contribution in [0, 0.1) is 12.3 Å². The van der Waals surface area contributed by atoms with E-state index in [0.717, 1.165) is 38.5 Å². The summed E-state index contributed by atoms with van der Waals surface area (Å²) in [4.78, 5) is 4.31. The van der Waals surface area contributed by atoms with Crippen molar-refractivity contribution in [2.45, 2.75) is 32.6 Å². The van der Waals surface area contributed by atoms with Crippen LogP contribution in [0.1, 0.15) is 36.8 Å². The third-order valence-corrected chi connectivity index (χ3v) is 4.90. The van der Waals surface area contributed by atoms with Gasteiger partial charge in [-0.05, 0) is 31.2 Å². The summed E-state index contributed by atoms with van der Waals surface area (Å²) in [5, 5.41) is 16.1. The first-order chi connectivity index (χ1) is 11.6. The summed E-state index contributed by atoms with van der Waals surface area (Å²) in [6, 6.07) is 8.67. The fourth-order valence-corrected chi connectivity index (χ4v) is 3.07. The van der Waals surface area contributed by atoms with Crippen LogP contribution in [0.3, 0.4) is 0 Å². The summed E-state index contributed by atoms with van der Waals surface area (Å²) >= 11 is 0. The van der Waals surface area contributed by atoms with Gasteiger partial charge >= 0.3 is 0 Å². The highest BCUT2D eigenvalue weighted by molar-refractivity contribution is 5.79. The van der Waals surface area contributed by atoms with Crippen molar-refractivity contribution in [1.82, 2.24) is 10.6 Å². The lowest BCUT2D eigenvalue weighted by Gasteiger charge is -2.28. The maximum atomic E-state index is 9.31. The first-order valence-corrected chi connectivity index (χ1v) is 8.78. The van der Waals surface area contributed by atoms with Gasteiger partial charge in [-0.2, -0.15) is 0 Å². The summed E-state index contributed by atoms with van der Waals surface area (Å²) < 4.78 is 5.53. The number of aryl methyl sites for hydroxylation is 1. The summed E-state index contributed by atoms with van der Waals surface area (Å²) in [5.41, 5.74) is 2.63. The highest BCUT2D eigenvalue weighted by atomic mass is 16.5. The zero-order valence-electron chi connectivity index (χ0n) is 15.1. The normalized spacial score (nSPS) is 22.4. The molecule has 5 nitrogen and oxygen atoms in total. The Hall–Kier alpha value is -1.59. The molecule has 5 heteroatoms. The lowest BCUT2D eigenvalue weighted by Crippen LogP contribution is -2.45. The Bertz CT molecular complexity index is 522. The molecule has 1 aromatic carbocycles. The number of nitrogens with zero attached hydrogens (tertiary/aromatic N) is 1. The Morgan fingerprint density at radius 2 is 2.08 bits per heavy atom. The second-order valence-electron chi connectivity index (χ2n) is 6.89. The maximum Gasteiger partial charge on any atom is 0.191 e. The van der Waals surface area contributed by atoms with Crippen molar-refractivity contribution >= 4 is 5.96 Å². The predicted octanol–water partition coefficient (Wildman–Crippen LogP) is 2.05. The van der Waals surface area contributed by atoms with Gasteiger partial charge in [0.05, 0.1) is 6.61 Å². The largest absolute Gasteiger partial charge is 0.396 e. The van der Waals surface area contributed by atoms with Crippen molar-refractivity contribution in [1.29, 1.82) is 0 Å². The molecule has 0 aliphatic carbocycles. The van der Waals surface area contributed by atoms with Crippen molar-refractivity contribution in [2.75, 3.05) is 40.0 Å². The van der Waals surface area contributed by atoms with Crippen LogP contribution in [-0.4, -0.2) is 51.0 Å². The zero-order valence-corrected chi connectivity index (χ0v) is 15.1. The lowest BCUT2D eigenvalue weighted by atomic mass is 9.84. The standard InChI is InChI=1S/C19H31N3O2/c1-15-4-6-17(7-5-15)16(2)12-21-18(20-3)22-13-19(8-10-23)9-11-24-14-19/h4-7,16,23H,8-14H2,1-3H3,(H2,20,21,22). The van der Waals surface area contributed by atoms with Crippen molar-refractivity contribution in [2.24, 2.45) is 10.4 Å². The summed E-state index contributed by atoms with van der Waals surface area (Å²) in [6.07, 6.45) is 1.74. The van der Waals surface area contributed by atoms with Crippen LogP contribution in [0.15, 0.2) is 29.3 Å². The predicted molar refractivity (Wildman–Crippen MR) is 98.5 cm³/mol. The van der Waals surface area contributed by atoms with E-state index in [1.165, 1.54) is 11.1 Å². The van der Waals surface area contributed by atoms with Gasteiger partial charge in [0.2, 0.25) is 0 Å². The van der Waals surface area contributed by atoms with Gasteiger partial charge in [0.25, 0.3) is 0 Å². The van der Waals surface area contributed by atoms with Gasteiger partial charge in [-0.1, -0.05) is 36.8 Å². The van der Waals surface area contributed by atoms with E-state index in [9.17, 15) is 5.11 Å². The fraction of sp³-hybridized carbons (Fsp3) is 0.632. The second-order valence-corrected chi connectivity index (χ2v) is 6.89. The first-order valence-electron chi connectivity index (χ1n) is 8.78. The Morgan fingerprint density at radius 3 is 2.67 bits per heavy atom. The molecule has 2 unspecified atom stereocenters. The van der Waals surface area contributed by atoms with Gasteiger partial charge in [-0.15, -0.1) is 0 Å². The van der Waals surface area contributed by atoms with Gasteiger partial charge in [0.1, 0.15) is 0 Å². The number of aliphatic hydroxyl groups is 1. The van der Waals surface area contributed by atoms with Gasteiger partial charge in [0.15, 0.2) is 5.96 Å². The van der Waals surface area contributed by atoms with E-state index in [0.29, 0.717) is 12.5 Å². The van der Waals surface area contributed by atoms with Crippen LogP contribution in [0.25, 0.3) is 0 Å². The Kier molecular flexibility index (Phi) is 7.06. The quantitative estimate of drug-likeness (QED) is 0.528. The minimum atomic E-state index is 0.0228. The third-order valence-electron chi connectivity index (χ3n) is 4.90. The van der Waals surface area contributed by atoms with E-state index < -0.39 is 0 Å². The molecule has 0 aromatic heterocycles. The van der Waals surface area contributed by atoms with Gasteiger partial charge in [-0.25, -0.2) is 0 Å². The van der Waals surface area contributed by atoms with Crippen molar-refractivity contribution in [3.63, 3.8) is 0 Å². The maximum absolute atomic E-state index is 9.31. The Morgan fingerprint density at radius 1 is 1.33 bits per heavy atom. The van der Waals surface area contributed by atoms with Crippen LogP contribution in [-0.2, 0) is 4.74 Å². The smallest absolute Gasteiger partial charge is 0.191 e. The molecule has 1 aliphatic heterocycles. The first kappa shape index (κ1) is 18.7. The van der Waals surface area contributed by atoms with Gasteiger partial charge in [0, 0.05) is 38.8 Å². The molecular weight excluding hydrogens is 302 g/mol. The van der Waals surface area contributed by atoms with Crippen LogP contribution >= 0.6 is 0 Å². The van der Waals surface area contributed by atoms with Crippen LogP contribution < -0.4 is 10.6 Å². The minimum Gasteiger partial charge on any atom is -0.396 e. The topological polar surface area (TPSA) is 65.9 Å². The van der Waals surface area contributed by atoms with Gasteiger partial charge in [-0.3, -0.25) is 4.99 Å². The molecule has 134 valence electrons. The molecule has 2 atom stereocenters. The van der Waals surface area contributed by atoms with Crippen molar-refractivity contribution in [3.8, 4) is 0 Å². The number of hydrogen-bond donors (Lipinski definition) is 3. The molecule has 1 aliphatic rings. The van der Waals surface area contributed by atoms with E-state index >= 15 is 0 Å². The van der Waals surface area contributed by atoms with Crippen molar-refractivity contribution < 1.29 is 9.84 Å². The van der Waals surface area contributed by atoms with Crippen molar-refractivity contribution in [3.05, 3.63) is 35.4 Å². The summed E-state index contributed by atoms with van der Waals surface area (Å²) in [6.45, 7) is 7.59. The van der Waals surface area contributed by atoms with Crippen LogP contribution in [0.5, 0.6) is 0 Å². The number of ether oxygens (including phenoxy) is 1.